The third-order valence-electron chi connectivity index (χ3n) is 6.62. The van der Waals surface area contributed by atoms with E-state index in [1.807, 2.05) is 13.8 Å². The molecule has 0 bridgehead atoms. The molecule has 3 N–H and O–H groups in total. The van der Waals surface area contributed by atoms with Crippen molar-refractivity contribution in [2.75, 3.05) is 6.54 Å². The first kappa shape index (κ1) is 25.9. The first-order valence-electron chi connectivity index (χ1n) is 11.9. The Morgan fingerprint density at radius 2 is 1.78 bits per heavy atom. The van der Waals surface area contributed by atoms with Gasteiger partial charge in [0, 0.05) is 18.9 Å². The summed E-state index contributed by atoms with van der Waals surface area (Å²) in [6.07, 6.45) is 3.47. The number of nitrogens with one attached hydrogen (secondary N) is 2. The molecule has 2 fully saturated rings. The van der Waals surface area contributed by atoms with E-state index in [4.69, 9.17) is 4.74 Å². The van der Waals surface area contributed by atoms with Gasteiger partial charge in [0.25, 0.3) is 0 Å². The molecular formula is C23H39N3O6. The zero-order valence-electron chi connectivity index (χ0n) is 19.8. The number of carboxylic acid groups (broad SMARTS) is 1. The van der Waals surface area contributed by atoms with Crippen molar-refractivity contribution in [1.29, 1.82) is 0 Å². The van der Waals surface area contributed by atoms with Crippen molar-refractivity contribution < 1.29 is 29.0 Å². The Morgan fingerprint density at radius 3 is 2.28 bits per heavy atom. The van der Waals surface area contributed by atoms with Crippen molar-refractivity contribution in [3.8, 4) is 0 Å². The predicted molar refractivity (Wildman–Crippen MR) is 118 cm³/mol. The van der Waals surface area contributed by atoms with Crippen molar-refractivity contribution in [1.82, 2.24) is 15.8 Å². The summed E-state index contributed by atoms with van der Waals surface area (Å²) in [5.41, 5.74) is 2.40. The topological polar surface area (TPSA) is 125 Å². The minimum Gasteiger partial charge on any atom is -0.480 e. The third-order valence-corrected chi connectivity index (χ3v) is 6.62. The van der Waals surface area contributed by atoms with Gasteiger partial charge in [0.05, 0.1) is 0 Å². The van der Waals surface area contributed by atoms with E-state index in [1.54, 1.807) is 0 Å². The maximum Gasteiger partial charge on any atom is 0.426 e. The first-order chi connectivity index (χ1) is 15.1. The molecule has 2 atom stereocenters. The van der Waals surface area contributed by atoms with Gasteiger partial charge in [0.2, 0.25) is 11.8 Å². The molecule has 0 aromatic carbocycles. The molecule has 0 radical (unpaired) electrons. The summed E-state index contributed by atoms with van der Waals surface area (Å²) in [6, 6.07) is -1.34. The number of hydrogen-bond acceptors (Lipinski definition) is 5. The summed E-state index contributed by atoms with van der Waals surface area (Å²) in [6.45, 7) is 8.78. The van der Waals surface area contributed by atoms with Crippen molar-refractivity contribution >= 4 is 23.9 Å². The number of amides is 3. The lowest BCUT2D eigenvalue weighted by Gasteiger charge is -2.33. The molecule has 9 nitrogen and oxygen atoms in total. The molecule has 2 aliphatic rings. The van der Waals surface area contributed by atoms with E-state index < -0.39 is 29.9 Å². The van der Waals surface area contributed by atoms with E-state index in [2.05, 4.69) is 24.6 Å². The summed E-state index contributed by atoms with van der Waals surface area (Å²) in [5.74, 6) is -1.06. The molecular weight excluding hydrogens is 414 g/mol. The summed E-state index contributed by atoms with van der Waals surface area (Å²) in [4.78, 5) is 49.5. The Morgan fingerprint density at radius 1 is 1.12 bits per heavy atom. The highest BCUT2D eigenvalue weighted by Crippen LogP contribution is 2.31. The summed E-state index contributed by atoms with van der Waals surface area (Å²) < 4.78 is 5.53. The van der Waals surface area contributed by atoms with Crippen LogP contribution in [0.25, 0.3) is 0 Å². The van der Waals surface area contributed by atoms with Gasteiger partial charge < -0.3 is 15.2 Å². The maximum absolute atomic E-state index is 12.9. The molecule has 1 aliphatic heterocycles. The number of aliphatic carboxylic acids is 1. The smallest absolute Gasteiger partial charge is 0.426 e. The number of carboxylic acids is 1. The fourth-order valence-electron chi connectivity index (χ4n) is 4.45. The average Bonchev–Trinajstić information content (AvgIpc) is 3.13. The van der Waals surface area contributed by atoms with Crippen molar-refractivity contribution in [3.63, 3.8) is 0 Å². The van der Waals surface area contributed by atoms with Crippen LogP contribution in [0.5, 0.6) is 0 Å². The van der Waals surface area contributed by atoms with Gasteiger partial charge in [-0.3, -0.25) is 9.59 Å². The zero-order valence-corrected chi connectivity index (χ0v) is 19.8. The van der Waals surface area contributed by atoms with Gasteiger partial charge in [-0.05, 0) is 62.7 Å². The molecule has 2 rings (SSSR count). The van der Waals surface area contributed by atoms with Crippen LogP contribution in [0.4, 0.5) is 4.79 Å². The van der Waals surface area contributed by atoms with Crippen LogP contribution in [0.2, 0.25) is 0 Å². The molecule has 0 aromatic heterocycles. The van der Waals surface area contributed by atoms with Crippen LogP contribution >= 0.6 is 0 Å². The molecule has 182 valence electrons. The van der Waals surface area contributed by atoms with Crippen LogP contribution in [0.1, 0.15) is 79.1 Å². The number of nitrogens with zero attached hydrogens (tertiary/aromatic N) is 1. The first-order valence-corrected chi connectivity index (χ1v) is 11.9. The monoisotopic (exact) mass is 453 g/mol. The lowest BCUT2D eigenvalue weighted by Crippen LogP contribution is -2.56. The lowest BCUT2D eigenvalue weighted by molar-refractivity contribution is -0.154. The largest absolute Gasteiger partial charge is 0.480 e. The highest BCUT2D eigenvalue weighted by Gasteiger charge is 2.37. The number of carbonyl (C=O) groups excluding carboxylic acids is 3. The molecule has 0 aromatic rings. The van der Waals surface area contributed by atoms with E-state index in [-0.39, 0.29) is 30.8 Å². The van der Waals surface area contributed by atoms with Gasteiger partial charge in [-0.15, -0.1) is 0 Å². The van der Waals surface area contributed by atoms with Crippen LogP contribution < -0.4 is 10.7 Å². The fourth-order valence-corrected chi connectivity index (χ4v) is 4.45. The molecule has 9 heteroatoms. The Balaban J connectivity index is 2.05. The second-order valence-electron chi connectivity index (χ2n) is 9.86. The van der Waals surface area contributed by atoms with E-state index >= 15 is 0 Å². The molecule has 32 heavy (non-hydrogen) atoms. The van der Waals surface area contributed by atoms with Gasteiger partial charge in [-0.1, -0.05) is 27.7 Å². The Kier molecular flexibility index (Phi) is 9.78. The zero-order chi connectivity index (χ0) is 23.8. The number of hydrogen-bond donors (Lipinski definition) is 3. The Labute approximate surface area is 190 Å². The van der Waals surface area contributed by atoms with Crippen LogP contribution in [-0.4, -0.2) is 52.7 Å². The minimum absolute atomic E-state index is 0.0611. The van der Waals surface area contributed by atoms with Crippen LogP contribution in [0.3, 0.4) is 0 Å². The molecule has 1 heterocycles. The second kappa shape index (κ2) is 12.1. The SMILES string of the molecule is CC(C)CCC(=O)N(NC(=O)OC1CCC(C(C)C)CC1)C(CC1CCNC1=O)C(=O)O. The van der Waals surface area contributed by atoms with E-state index in [0.29, 0.717) is 31.2 Å². The number of rotatable bonds is 9. The van der Waals surface area contributed by atoms with Crippen LogP contribution in [0.15, 0.2) is 0 Å². The molecule has 1 saturated heterocycles. The van der Waals surface area contributed by atoms with Gasteiger partial charge in [0.15, 0.2) is 6.04 Å². The standard InChI is InChI=1S/C23H39N3O6/c1-14(2)5-10-20(27)26(19(22(29)30)13-17-11-12-24-21(17)28)25-23(31)32-18-8-6-16(7-9-18)15(3)4/h14-19H,5-13H2,1-4H3,(H,24,28)(H,25,31)(H,29,30). The van der Waals surface area contributed by atoms with Crippen molar-refractivity contribution in [3.05, 3.63) is 0 Å². The number of hydrazine groups is 1. The Bertz CT molecular complexity index is 673. The summed E-state index contributed by atoms with van der Waals surface area (Å²) in [5, 5.41) is 13.4. The highest BCUT2D eigenvalue weighted by atomic mass is 16.6. The minimum atomic E-state index is -1.34. The van der Waals surface area contributed by atoms with Gasteiger partial charge >= 0.3 is 12.1 Å². The maximum atomic E-state index is 12.9. The quantitative estimate of drug-likeness (QED) is 0.461. The van der Waals surface area contributed by atoms with E-state index in [9.17, 15) is 24.3 Å². The van der Waals surface area contributed by atoms with E-state index in [0.717, 1.165) is 30.7 Å². The molecule has 1 saturated carbocycles. The average molecular weight is 454 g/mol. The number of carbonyl (C=O) groups is 4. The molecule has 2 unspecified atom stereocenters. The van der Waals surface area contributed by atoms with Crippen molar-refractivity contribution in [2.24, 2.45) is 23.7 Å². The fraction of sp³-hybridized carbons (Fsp3) is 0.826. The summed E-state index contributed by atoms with van der Waals surface area (Å²) in [7, 11) is 0. The highest BCUT2D eigenvalue weighted by molar-refractivity contribution is 5.87. The normalized spacial score (nSPS) is 24.2. The van der Waals surface area contributed by atoms with Gasteiger partial charge in [0.1, 0.15) is 6.10 Å². The van der Waals surface area contributed by atoms with Crippen LogP contribution in [-0.2, 0) is 19.1 Å². The predicted octanol–water partition coefficient (Wildman–Crippen LogP) is 3.09. The molecule has 1 aliphatic carbocycles. The van der Waals surface area contributed by atoms with Crippen LogP contribution in [0, 0.1) is 23.7 Å². The van der Waals surface area contributed by atoms with Crippen molar-refractivity contribution in [2.45, 2.75) is 91.2 Å². The second-order valence-corrected chi connectivity index (χ2v) is 9.86. The Hall–Kier alpha value is -2.32. The molecule has 3 amide bonds. The van der Waals surface area contributed by atoms with E-state index in [1.165, 1.54) is 0 Å². The molecule has 0 spiro atoms. The number of ether oxygens (including phenoxy) is 1. The van der Waals surface area contributed by atoms with Gasteiger partial charge in [-0.2, -0.15) is 0 Å². The summed E-state index contributed by atoms with van der Waals surface area (Å²) >= 11 is 0. The lowest BCUT2D eigenvalue weighted by atomic mass is 9.80. The third kappa shape index (κ3) is 7.67. The van der Waals surface area contributed by atoms with Gasteiger partial charge in [-0.25, -0.2) is 20.0 Å².